The maximum Gasteiger partial charge on any atom is 0.228 e. The van der Waals surface area contributed by atoms with Gasteiger partial charge in [0.2, 0.25) is 5.95 Å². The predicted octanol–water partition coefficient (Wildman–Crippen LogP) is 2.55. The summed E-state index contributed by atoms with van der Waals surface area (Å²) in [4.78, 5) is 14.6. The van der Waals surface area contributed by atoms with Crippen LogP contribution in [0, 0.1) is 5.92 Å². The highest BCUT2D eigenvalue weighted by Gasteiger charge is 2.24. The number of ether oxygens (including phenoxy) is 1. The molecule has 7 heteroatoms. The number of rotatable bonds is 5. The molecule has 2 fully saturated rings. The van der Waals surface area contributed by atoms with Gasteiger partial charge in [-0.25, -0.2) is 4.98 Å². The van der Waals surface area contributed by atoms with Gasteiger partial charge in [0.05, 0.1) is 18.7 Å². The molecular weight excluding hydrogens is 346 g/mol. The second-order valence-corrected chi connectivity index (χ2v) is 7.67. The fourth-order valence-electron chi connectivity index (χ4n) is 3.82. The van der Waals surface area contributed by atoms with Crippen LogP contribution in [0.2, 0.25) is 0 Å². The largest absolute Gasteiger partial charge is 0.378 e. The SMILES string of the molecule is CSNCC1CCCN(c2nc(N3CCOCC3)nc3ccccc23)C1. The van der Waals surface area contributed by atoms with Gasteiger partial charge in [-0.3, -0.25) is 4.72 Å². The average molecular weight is 374 g/mol. The van der Waals surface area contributed by atoms with E-state index in [2.05, 4.69) is 45.0 Å². The van der Waals surface area contributed by atoms with Crippen molar-refractivity contribution in [3.05, 3.63) is 24.3 Å². The Balaban J connectivity index is 1.66. The summed E-state index contributed by atoms with van der Waals surface area (Å²) in [6.07, 6.45) is 4.59. The molecule has 1 atom stereocenters. The molecule has 4 rings (SSSR count). The fraction of sp³-hybridized carbons (Fsp3) is 0.579. The van der Waals surface area contributed by atoms with Crippen LogP contribution in [0.5, 0.6) is 0 Å². The fourth-order valence-corrected chi connectivity index (χ4v) is 4.22. The van der Waals surface area contributed by atoms with Gasteiger partial charge in [-0.1, -0.05) is 24.1 Å². The van der Waals surface area contributed by atoms with E-state index in [0.717, 1.165) is 68.6 Å². The first-order chi connectivity index (χ1) is 12.8. The molecule has 1 unspecified atom stereocenters. The lowest BCUT2D eigenvalue weighted by Gasteiger charge is -2.35. The lowest BCUT2D eigenvalue weighted by atomic mass is 9.98. The summed E-state index contributed by atoms with van der Waals surface area (Å²) in [7, 11) is 0. The van der Waals surface area contributed by atoms with Crippen LogP contribution in [0.15, 0.2) is 24.3 Å². The first kappa shape index (κ1) is 17.8. The van der Waals surface area contributed by atoms with E-state index in [9.17, 15) is 0 Å². The van der Waals surface area contributed by atoms with Crippen LogP contribution in [-0.2, 0) is 4.74 Å². The standard InChI is InChI=1S/C19H27N5OS/c1-26-20-13-15-5-4-8-24(14-15)18-16-6-2-3-7-17(16)21-19(22-18)23-9-11-25-12-10-23/h2-3,6-7,15,20H,4-5,8-14H2,1H3. The van der Waals surface area contributed by atoms with E-state index < -0.39 is 0 Å². The van der Waals surface area contributed by atoms with Crippen LogP contribution in [0.1, 0.15) is 12.8 Å². The molecule has 26 heavy (non-hydrogen) atoms. The Morgan fingerprint density at radius 3 is 2.85 bits per heavy atom. The van der Waals surface area contributed by atoms with Crippen molar-refractivity contribution in [2.45, 2.75) is 12.8 Å². The van der Waals surface area contributed by atoms with Gasteiger partial charge in [0.1, 0.15) is 5.82 Å². The Morgan fingerprint density at radius 1 is 1.15 bits per heavy atom. The van der Waals surface area contributed by atoms with Crippen molar-refractivity contribution in [1.29, 1.82) is 0 Å². The number of aromatic nitrogens is 2. The van der Waals surface area contributed by atoms with Gasteiger partial charge in [0.25, 0.3) is 0 Å². The van der Waals surface area contributed by atoms with Gasteiger partial charge in [0.15, 0.2) is 0 Å². The molecule has 140 valence electrons. The zero-order valence-electron chi connectivity index (χ0n) is 15.4. The van der Waals surface area contributed by atoms with E-state index in [1.165, 1.54) is 12.8 Å². The van der Waals surface area contributed by atoms with Crippen molar-refractivity contribution >= 4 is 34.6 Å². The van der Waals surface area contributed by atoms with Crippen molar-refractivity contribution < 1.29 is 4.74 Å². The van der Waals surface area contributed by atoms with Gasteiger partial charge in [-0.2, -0.15) is 4.98 Å². The first-order valence-electron chi connectivity index (χ1n) is 9.45. The molecule has 2 saturated heterocycles. The number of nitrogens with one attached hydrogen (secondary N) is 1. The molecule has 1 aromatic carbocycles. The summed E-state index contributed by atoms with van der Waals surface area (Å²) in [5.74, 6) is 2.59. The third-order valence-corrected chi connectivity index (χ3v) is 5.66. The van der Waals surface area contributed by atoms with E-state index in [-0.39, 0.29) is 0 Å². The van der Waals surface area contributed by atoms with E-state index in [0.29, 0.717) is 5.92 Å². The van der Waals surface area contributed by atoms with Crippen LogP contribution < -0.4 is 14.5 Å². The van der Waals surface area contributed by atoms with Gasteiger partial charge in [-0.05, 0) is 37.1 Å². The van der Waals surface area contributed by atoms with Crippen molar-refractivity contribution in [2.24, 2.45) is 5.92 Å². The van der Waals surface area contributed by atoms with Gasteiger partial charge in [-0.15, -0.1) is 0 Å². The monoisotopic (exact) mass is 373 g/mol. The Bertz CT molecular complexity index is 737. The molecule has 0 radical (unpaired) electrons. The smallest absolute Gasteiger partial charge is 0.228 e. The quantitative estimate of drug-likeness (QED) is 0.808. The Labute approximate surface area is 159 Å². The van der Waals surface area contributed by atoms with Crippen LogP contribution >= 0.6 is 11.9 Å². The summed E-state index contributed by atoms with van der Waals surface area (Å²) in [5, 5.41) is 1.16. The van der Waals surface area contributed by atoms with Crippen LogP contribution in [-0.4, -0.2) is 62.2 Å². The lowest BCUT2D eigenvalue weighted by Crippen LogP contribution is -2.40. The number of hydrogen-bond donors (Lipinski definition) is 1. The van der Waals surface area contributed by atoms with E-state index >= 15 is 0 Å². The Morgan fingerprint density at radius 2 is 2.00 bits per heavy atom. The Hall–Kier alpha value is -1.57. The zero-order valence-corrected chi connectivity index (χ0v) is 16.2. The number of fused-ring (bicyclic) bond motifs is 1. The summed E-state index contributed by atoms with van der Waals surface area (Å²) < 4.78 is 8.92. The molecular formula is C19H27N5OS. The summed E-state index contributed by atoms with van der Waals surface area (Å²) in [6, 6.07) is 8.39. The number of nitrogens with zero attached hydrogens (tertiary/aromatic N) is 4. The van der Waals surface area contributed by atoms with Crippen molar-refractivity contribution in [2.75, 3.05) is 62.0 Å². The number of piperidine rings is 1. The highest BCUT2D eigenvalue weighted by Crippen LogP contribution is 2.30. The van der Waals surface area contributed by atoms with Gasteiger partial charge >= 0.3 is 0 Å². The summed E-state index contributed by atoms with van der Waals surface area (Å²) >= 11 is 1.70. The highest BCUT2D eigenvalue weighted by molar-refractivity contribution is 7.96. The molecule has 2 aliphatic rings. The maximum absolute atomic E-state index is 5.49. The minimum atomic E-state index is 0.664. The average Bonchev–Trinajstić information content (AvgIpc) is 2.72. The normalized spacial score (nSPS) is 21.3. The minimum Gasteiger partial charge on any atom is -0.378 e. The van der Waals surface area contributed by atoms with E-state index in [4.69, 9.17) is 14.7 Å². The van der Waals surface area contributed by atoms with E-state index in [1.807, 2.05) is 0 Å². The number of morpholine rings is 1. The molecule has 0 aliphatic carbocycles. The number of para-hydroxylation sites is 1. The molecule has 3 heterocycles. The number of anilines is 2. The van der Waals surface area contributed by atoms with Crippen molar-refractivity contribution in [1.82, 2.24) is 14.7 Å². The highest BCUT2D eigenvalue weighted by atomic mass is 32.2. The Kier molecular flexibility index (Phi) is 5.77. The van der Waals surface area contributed by atoms with Crippen LogP contribution in [0.4, 0.5) is 11.8 Å². The van der Waals surface area contributed by atoms with Crippen molar-refractivity contribution in [3.63, 3.8) is 0 Å². The van der Waals surface area contributed by atoms with E-state index in [1.54, 1.807) is 11.9 Å². The van der Waals surface area contributed by atoms with Crippen LogP contribution in [0.3, 0.4) is 0 Å². The minimum absolute atomic E-state index is 0.664. The maximum atomic E-state index is 5.49. The number of hydrogen-bond acceptors (Lipinski definition) is 7. The molecule has 2 aliphatic heterocycles. The zero-order chi connectivity index (χ0) is 17.8. The molecule has 0 amide bonds. The third kappa shape index (κ3) is 3.89. The molecule has 2 aromatic rings. The van der Waals surface area contributed by atoms with Gasteiger partial charge < -0.3 is 14.5 Å². The molecule has 1 aromatic heterocycles. The summed E-state index contributed by atoms with van der Waals surface area (Å²) in [5.41, 5.74) is 1.03. The summed E-state index contributed by atoms with van der Waals surface area (Å²) in [6.45, 7) is 6.39. The molecule has 6 nitrogen and oxygen atoms in total. The second kappa shape index (κ2) is 8.41. The number of benzene rings is 1. The molecule has 0 saturated carbocycles. The molecule has 1 N–H and O–H groups in total. The second-order valence-electron chi connectivity index (χ2n) is 6.97. The predicted molar refractivity (Wildman–Crippen MR) is 109 cm³/mol. The van der Waals surface area contributed by atoms with Gasteiger partial charge in [0, 0.05) is 38.1 Å². The lowest BCUT2D eigenvalue weighted by molar-refractivity contribution is 0.122. The van der Waals surface area contributed by atoms with Crippen LogP contribution in [0.25, 0.3) is 10.9 Å². The first-order valence-corrected chi connectivity index (χ1v) is 10.7. The molecule has 0 bridgehead atoms. The third-order valence-electron chi connectivity index (χ3n) is 5.20. The van der Waals surface area contributed by atoms with Crippen molar-refractivity contribution in [3.8, 4) is 0 Å². The molecule has 0 spiro atoms. The topological polar surface area (TPSA) is 53.5 Å².